The summed E-state index contributed by atoms with van der Waals surface area (Å²) in [6.45, 7) is 5.75. The molecule has 2 heterocycles. The number of pyridine rings is 1. The Labute approximate surface area is 201 Å². The summed E-state index contributed by atoms with van der Waals surface area (Å²) in [5.74, 6) is 1.60. The number of hydrogen-bond acceptors (Lipinski definition) is 8. The number of nitrogens with zero attached hydrogens (tertiary/aromatic N) is 4. The van der Waals surface area contributed by atoms with Gasteiger partial charge in [0, 0.05) is 55.5 Å². The van der Waals surface area contributed by atoms with Gasteiger partial charge in [-0.1, -0.05) is 0 Å². The first-order valence-corrected chi connectivity index (χ1v) is 13.6. The minimum Gasteiger partial charge on any atom is -0.491 e. The highest BCUT2D eigenvalue weighted by Gasteiger charge is 2.15. The molecule has 0 fully saturated rings. The Morgan fingerprint density at radius 2 is 1.85 bits per heavy atom. The second kappa shape index (κ2) is 10.6. The molecule has 0 saturated heterocycles. The molecule has 0 aliphatic heterocycles. The van der Waals surface area contributed by atoms with Gasteiger partial charge in [0.25, 0.3) is 0 Å². The summed E-state index contributed by atoms with van der Waals surface area (Å²) in [6, 6.07) is 9.05. The third-order valence-corrected chi connectivity index (χ3v) is 6.99. The molecule has 0 aliphatic rings. The van der Waals surface area contributed by atoms with E-state index in [2.05, 4.69) is 28.9 Å². The van der Waals surface area contributed by atoms with Gasteiger partial charge in [0.1, 0.15) is 11.6 Å². The molecule has 0 N–H and O–H groups in total. The highest BCUT2D eigenvalue weighted by atomic mass is 32.2. The lowest BCUT2D eigenvalue weighted by molar-refractivity contribution is 0.240. The monoisotopic (exact) mass is 488 g/mol. The largest absolute Gasteiger partial charge is 0.491 e. The van der Waals surface area contributed by atoms with Gasteiger partial charge in [-0.2, -0.15) is 0 Å². The van der Waals surface area contributed by atoms with Crippen LogP contribution in [0.15, 0.2) is 46.8 Å². The van der Waals surface area contributed by atoms with Crippen LogP contribution >= 0.6 is 11.3 Å². The van der Waals surface area contributed by atoms with Crippen LogP contribution in [0.5, 0.6) is 5.75 Å². The van der Waals surface area contributed by atoms with Gasteiger partial charge in [0.2, 0.25) is 0 Å². The fourth-order valence-electron chi connectivity index (χ4n) is 3.21. The summed E-state index contributed by atoms with van der Waals surface area (Å²) in [5, 5.41) is 2.89. The van der Waals surface area contributed by atoms with E-state index in [9.17, 15) is 8.42 Å². The summed E-state index contributed by atoms with van der Waals surface area (Å²) in [5.41, 5.74) is 2.62. The molecule has 3 aromatic rings. The topological polar surface area (TPSA) is 75.6 Å². The molecule has 0 aliphatic carbocycles. The standard InChI is InChI=1S/C24H32N4O3S2/c1-17(2)31-22-9-8-20(33(6,29)30)13-19(22)14-24-26-21(16-32-24)18-7-10-23(25-15-18)28(5)12-11-27(3)4/h7-10,13,15-17H,11-12,14H2,1-6H3. The Balaban J connectivity index is 1.79. The van der Waals surface area contributed by atoms with E-state index in [1.807, 2.05) is 44.6 Å². The molecule has 7 nitrogen and oxygen atoms in total. The molecule has 2 aromatic heterocycles. The minimum atomic E-state index is -3.31. The molecule has 0 amide bonds. The Hall–Kier alpha value is -2.49. The van der Waals surface area contributed by atoms with Gasteiger partial charge in [-0.3, -0.25) is 0 Å². The first-order chi connectivity index (χ1) is 15.5. The van der Waals surface area contributed by atoms with Crippen LogP contribution in [0.25, 0.3) is 11.3 Å². The van der Waals surface area contributed by atoms with E-state index >= 15 is 0 Å². The Bertz CT molecular complexity index is 1170. The Morgan fingerprint density at radius 3 is 2.45 bits per heavy atom. The molecule has 178 valence electrons. The van der Waals surface area contributed by atoms with Crippen LogP contribution in [-0.2, 0) is 16.3 Å². The predicted octanol–water partition coefficient (Wildman–Crippen LogP) is 3.98. The molecule has 9 heteroatoms. The van der Waals surface area contributed by atoms with E-state index in [0.717, 1.165) is 40.7 Å². The number of likely N-dealkylation sites (N-methyl/N-ethyl adjacent to an activating group) is 2. The van der Waals surface area contributed by atoms with E-state index in [1.165, 1.54) is 6.26 Å². The zero-order valence-corrected chi connectivity index (χ0v) is 21.7. The van der Waals surface area contributed by atoms with Crippen molar-refractivity contribution in [1.29, 1.82) is 0 Å². The molecule has 0 radical (unpaired) electrons. The quantitative estimate of drug-likeness (QED) is 0.427. The van der Waals surface area contributed by atoms with Gasteiger partial charge in [-0.05, 0) is 58.3 Å². The molecule has 0 unspecified atom stereocenters. The van der Waals surface area contributed by atoms with Crippen molar-refractivity contribution in [2.24, 2.45) is 0 Å². The van der Waals surface area contributed by atoms with Crippen molar-refractivity contribution in [1.82, 2.24) is 14.9 Å². The molecule has 3 rings (SSSR count). The van der Waals surface area contributed by atoms with E-state index in [-0.39, 0.29) is 11.0 Å². The van der Waals surface area contributed by atoms with Crippen molar-refractivity contribution >= 4 is 27.0 Å². The minimum absolute atomic E-state index is 0.0138. The maximum absolute atomic E-state index is 12.0. The molecular weight excluding hydrogens is 456 g/mol. The lowest BCUT2D eigenvalue weighted by Gasteiger charge is -2.20. The molecule has 0 bridgehead atoms. The van der Waals surface area contributed by atoms with E-state index in [0.29, 0.717) is 12.2 Å². The molecule has 0 saturated carbocycles. The Kier molecular flexibility index (Phi) is 8.10. The van der Waals surface area contributed by atoms with Gasteiger partial charge >= 0.3 is 0 Å². The number of sulfone groups is 1. The summed E-state index contributed by atoms with van der Waals surface area (Å²) < 4.78 is 30.0. The third kappa shape index (κ3) is 6.99. The fourth-order valence-corrected chi connectivity index (χ4v) is 4.71. The lowest BCUT2D eigenvalue weighted by Crippen LogP contribution is -2.28. The van der Waals surface area contributed by atoms with Crippen LogP contribution in [0.4, 0.5) is 5.82 Å². The number of hydrogen-bond donors (Lipinski definition) is 0. The van der Waals surface area contributed by atoms with E-state index in [4.69, 9.17) is 9.72 Å². The van der Waals surface area contributed by atoms with Gasteiger partial charge in [-0.15, -0.1) is 11.3 Å². The zero-order chi connectivity index (χ0) is 24.2. The molecule has 0 atom stereocenters. The zero-order valence-electron chi connectivity index (χ0n) is 20.1. The van der Waals surface area contributed by atoms with Crippen molar-refractivity contribution in [3.05, 3.63) is 52.5 Å². The van der Waals surface area contributed by atoms with Crippen molar-refractivity contribution < 1.29 is 13.2 Å². The number of anilines is 1. The van der Waals surface area contributed by atoms with E-state index in [1.54, 1.807) is 29.5 Å². The second-order valence-electron chi connectivity index (χ2n) is 8.64. The fraction of sp³-hybridized carbons (Fsp3) is 0.417. The summed E-state index contributed by atoms with van der Waals surface area (Å²) >= 11 is 1.54. The number of aromatic nitrogens is 2. The van der Waals surface area contributed by atoms with Gasteiger partial charge in [0.15, 0.2) is 9.84 Å². The van der Waals surface area contributed by atoms with Crippen molar-refractivity contribution in [2.75, 3.05) is 45.4 Å². The van der Waals surface area contributed by atoms with Crippen LogP contribution in [-0.4, -0.2) is 69.9 Å². The average Bonchev–Trinajstić information content (AvgIpc) is 3.20. The maximum atomic E-state index is 12.0. The first-order valence-electron chi connectivity index (χ1n) is 10.8. The predicted molar refractivity (Wildman–Crippen MR) is 135 cm³/mol. The summed E-state index contributed by atoms with van der Waals surface area (Å²) in [4.78, 5) is 13.9. The van der Waals surface area contributed by atoms with Crippen LogP contribution in [0.2, 0.25) is 0 Å². The van der Waals surface area contributed by atoms with Crippen LogP contribution in [0, 0.1) is 0 Å². The van der Waals surface area contributed by atoms with Crippen LogP contribution < -0.4 is 9.64 Å². The number of thiazole rings is 1. The Morgan fingerprint density at radius 1 is 1.09 bits per heavy atom. The molecular formula is C24H32N4O3S2. The highest BCUT2D eigenvalue weighted by Crippen LogP contribution is 2.29. The van der Waals surface area contributed by atoms with E-state index < -0.39 is 9.84 Å². The number of rotatable bonds is 10. The number of ether oxygens (including phenoxy) is 1. The van der Waals surface area contributed by atoms with Gasteiger partial charge in [0.05, 0.1) is 21.7 Å². The smallest absolute Gasteiger partial charge is 0.175 e. The number of benzene rings is 1. The molecule has 33 heavy (non-hydrogen) atoms. The van der Waals surface area contributed by atoms with Crippen molar-refractivity contribution in [2.45, 2.75) is 31.3 Å². The first kappa shape index (κ1) is 25.1. The maximum Gasteiger partial charge on any atom is 0.175 e. The van der Waals surface area contributed by atoms with Crippen molar-refractivity contribution in [3.63, 3.8) is 0 Å². The highest BCUT2D eigenvalue weighted by molar-refractivity contribution is 7.90. The molecule has 0 spiro atoms. The third-order valence-electron chi connectivity index (χ3n) is 5.03. The molecule has 1 aromatic carbocycles. The van der Waals surface area contributed by atoms with Crippen LogP contribution in [0.3, 0.4) is 0 Å². The lowest BCUT2D eigenvalue weighted by atomic mass is 10.1. The van der Waals surface area contributed by atoms with Crippen molar-refractivity contribution in [3.8, 4) is 17.0 Å². The summed E-state index contributed by atoms with van der Waals surface area (Å²) in [7, 11) is 2.84. The normalized spacial score (nSPS) is 11.9. The van der Waals surface area contributed by atoms with Gasteiger partial charge in [-0.25, -0.2) is 18.4 Å². The van der Waals surface area contributed by atoms with Crippen LogP contribution in [0.1, 0.15) is 24.4 Å². The SMILES string of the molecule is CC(C)Oc1ccc(S(C)(=O)=O)cc1Cc1nc(-c2ccc(N(C)CCN(C)C)nc2)cs1. The average molecular weight is 489 g/mol. The summed E-state index contributed by atoms with van der Waals surface area (Å²) in [6.07, 6.45) is 3.54. The van der Waals surface area contributed by atoms with Gasteiger partial charge < -0.3 is 14.5 Å². The second-order valence-corrected chi connectivity index (χ2v) is 11.6.